The highest BCUT2D eigenvalue weighted by Gasteiger charge is 2.15. The van der Waals surface area contributed by atoms with E-state index in [9.17, 15) is 4.79 Å². The largest absolute Gasteiger partial charge is 0.348 e. The van der Waals surface area contributed by atoms with Crippen molar-refractivity contribution >= 4 is 5.91 Å². The van der Waals surface area contributed by atoms with Crippen molar-refractivity contribution in [2.45, 2.75) is 53.4 Å². The third-order valence-corrected chi connectivity index (χ3v) is 6.53. The topological polar surface area (TPSA) is 38.8 Å². The number of likely N-dealkylation sites (N-methyl/N-ethyl adjacent to an activating group) is 1. The van der Waals surface area contributed by atoms with E-state index in [-0.39, 0.29) is 5.91 Å². The molecule has 32 heavy (non-hydrogen) atoms. The Labute approximate surface area is 194 Å². The first-order valence-electron chi connectivity index (χ1n) is 12.1. The highest BCUT2D eigenvalue weighted by Crippen LogP contribution is 2.12. The van der Waals surface area contributed by atoms with E-state index in [1.165, 1.54) is 11.1 Å². The predicted molar refractivity (Wildman–Crippen MR) is 133 cm³/mol. The molecule has 0 bridgehead atoms. The molecule has 0 aromatic heterocycles. The zero-order valence-electron chi connectivity index (χ0n) is 20.3. The van der Waals surface area contributed by atoms with Crippen molar-refractivity contribution in [1.29, 1.82) is 0 Å². The molecule has 1 N–H and O–H groups in total. The number of carbonyl (C=O) groups is 1. The van der Waals surface area contributed by atoms with Crippen molar-refractivity contribution in [1.82, 2.24) is 20.0 Å². The number of nitrogens with zero attached hydrogens (tertiary/aromatic N) is 3. The second kappa shape index (κ2) is 12.1. The number of carbonyl (C=O) groups excluding carboxylic acids is 1. The van der Waals surface area contributed by atoms with Gasteiger partial charge in [-0.3, -0.25) is 14.6 Å². The molecular formula is C27H40N4O. The second-order valence-electron chi connectivity index (χ2n) is 9.06. The fourth-order valence-corrected chi connectivity index (χ4v) is 4.22. The van der Waals surface area contributed by atoms with Crippen molar-refractivity contribution in [2.75, 3.05) is 39.3 Å². The first-order chi connectivity index (χ1) is 15.5. The molecule has 1 aliphatic heterocycles. The maximum absolute atomic E-state index is 12.6. The van der Waals surface area contributed by atoms with Crippen LogP contribution in [-0.2, 0) is 19.6 Å². The number of benzene rings is 2. The molecule has 0 aliphatic carbocycles. The minimum atomic E-state index is -0.0226. The molecule has 2 aromatic rings. The maximum atomic E-state index is 12.6. The summed E-state index contributed by atoms with van der Waals surface area (Å²) in [4.78, 5) is 20.0. The van der Waals surface area contributed by atoms with Gasteiger partial charge in [0.25, 0.3) is 5.91 Å². The van der Waals surface area contributed by atoms with E-state index in [1.807, 2.05) is 12.1 Å². The quantitative estimate of drug-likeness (QED) is 0.611. The lowest BCUT2D eigenvalue weighted by molar-refractivity contribution is 0.0951. The Balaban J connectivity index is 1.45. The highest BCUT2D eigenvalue weighted by molar-refractivity contribution is 5.94. The van der Waals surface area contributed by atoms with E-state index in [1.54, 1.807) is 0 Å². The summed E-state index contributed by atoms with van der Waals surface area (Å²) in [6.07, 6.45) is 0. The molecule has 1 aliphatic rings. The number of hydrogen-bond acceptors (Lipinski definition) is 4. The molecule has 5 heteroatoms. The number of nitrogens with one attached hydrogen (secondary N) is 1. The molecule has 3 rings (SSSR count). The van der Waals surface area contributed by atoms with Gasteiger partial charge in [-0.15, -0.1) is 0 Å². The van der Waals surface area contributed by atoms with Gasteiger partial charge >= 0.3 is 0 Å². The van der Waals surface area contributed by atoms with E-state index in [0.29, 0.717) is 18.2 Å². The van der Waals surface area contributed by atoms with Crippen LogP contribution in [-0.4, -0.2) is 65.9 Å². The molecule has 5 nitrogen and oxygen atoms in total. The Bertz CT molecular complexity index is 824. The van der Waals surface area contributed by atoms with Gasteiger partial charge in [0, 0.05) is 57.4 Å². The van der Waals surface area contributed by atoms with Gasteiger partial charge in [-0.1, -0.05) is 50.2 Å². The molecule has 0 spiro atoms. The minimum absolute atomic E-state index is 0.0226. The van der Waals surface area contributed by atoms with Crippen molar-refractivity contribution in [3.63, 3.8) is 0 Å². The summed E-state index contributed by atoms with van der Waals surface area (Å²) in [6.45, 7) is 18.1. The molecule has 174 valence electrons. The van der Waals surface area contributed by atoms with Crippen molar-refractivity contribution in [3.05, 3.63) is 70.8 Å². The van der Waals surface area contributed by atoms with Crippen molar-refractivity contribution in [3.8, 4) is 0 Å². The van der Waals surface area contributed by atoms with Gasteiger partial charge in [-0.2, -0.15) is 0 Å². The molecule has 1 heterocycles. The van der Waals surface area contributed by atoms with Gasteiger partial charge in [0.15, 0.2) is 0 Å². The molecule has 0 unspecified atom stereocenters. The fourth-order valence-electron chi connectivity index (χ4n) is 4.22. The number of hydrogen-bond donors (Lipinski definition) is 1. The summed E-state index contributed by atoms with van der Waals surface area (Å²) in [5, 5.41) is 3.05. The van der Waals surface area contributed by atoms with Crippen LogP contribution >= 0.6 is 0 Å². The summed E-state index contributed by atoms with van der Waals surface area (Å²) in [5.41, 5.74) is 4.42. The smallest absolute Gasteiger partial charge is 0.251 e. The Morgan fingerprint density at radius 3 is 2.00 bits per heavy atom. The van der Waals surface area contributed by atoms with Crippen LogP contribution in [0.1, 0.15) is 54.7 Å². The molecule has 0 atom stereocenters. The first kappa shape index (κ1) is 24.4. The third-order valence-electron chi connectivity index (χ3n) is 6.53. The Kier molecular flexibility index (Phi) is 9.27. The average molecular weight is 437 g/mol. The van der Waals surface area contributed by atoms with Crippen LogP contribution in [0.2, 0.25) is 0 Å². The summed E-state index contributed by atoms with van der Waals surface area (Å²) in [6, 6.07) is 17.1. The van der Waals surface area contributed by atoms with Crippen molar-refractivity contribution in [2.24, 2.45) is 0 Å². The van der Waals surface area contributed by atoms with Crippen LogP contribution in [0.15, 0.2) is 48.5 Å². The molecule has 0 saturated carbocycles. The first-order valence-corrected chi connectivity index (χ1v) is 12.1. The van der Waals surface area contributed by atoms with Gasteiger partial charge in [0.1, 0.15) is 0 Å². The molecule has 1 amide bonds. The zero-order chi connectivity index (χ0) is 22.9. The van der Waals surface area contributed by atoms with Crippen LogP contribution in [0.25, 0.3) is 0 Å². The monoisotopic (exact) mass is 436 g/mol. The van der Waals surface area contributed by atoms with Crippen LogP contribution in [0.5, 0.6) is 0 Å². The van der Waals surface area contributed by atoms with Crippen LogP contribution in [0, 0.1) is 0 Å². The molecule has 1 saturated heterocycles. The number of rotatable bonds is 10. The average Bonchev–Trinajstić information content (AvgIpc) is 2.82. The van der Waals surface area contributed by atoms with Crippen LogP contribution < -0.4 is 5.32 Å². The predicted octanol–water partition coefficient (Wildman–Crippen LogP) is 3.98. The fraction of sp³-hybridized carbons (Fsp3) is 0.519. The van der Waals surface area contributed by atoms with E-state index >= 15 is 0 Å². The molecular weight excluding hydrogens is 396 g/mol. The van der Waals surface area contributed by atoms with Gasteiger partial charge in [0.2, 0.25) is 0 Å². The summed E-state index contributed by atoms with van der Waals surface area (Å²) >= 11 is 0. The van der Waals surface area contributed by atoms with E-state index < -0.39 is 0 Å². The number of piperazine rings is 1. The van der Waals surface area contributed by atoms with E-state index in [4.69, 9.17) is 0 Å². The van der Waals surface area contributed by atoms with E-state index in [2.05, 4.69) is 84.1 Å². The third kappa shape index (κ3) is 7.16. The Hall–Kier alpha value is -2.21. The summed E-state index contributed by atoms with van der Waals surface area (Å²) in [5.74, 6) is -0.0226. The van der Waals surface area contributed by atoms with Crippen LogP contribution in [0.4, 0.5) is 0 Å². The normalized spacial score (nSPS) is 15.4. The second-order valence-corrected chi connectivity index (χ2v) is 9.06. The molecule has 2 aromatic carbocycles. The lowest BCUT2D eigenvalue weighted by atomic mass is 10.1. The standard InChI is InChI=1S/C27H40N4O/c1-5-29-15-17-30(18-16-29)20-24-9-7-23(8-10-24)19-28-27(32)26-13-11-25(12-14-26)21-31(6-2)22(3)4/h7-14,22H,5-6,15-21H2,1-4H3,(H,28,32). The lowest BCUT2D eigenvalue weighted by Gasteiger charge is -2.34. The van der Waals surface area contributed by atoms with Crippen LogP contribution in [0.3, 0.4) is 0 Å². The number of amides is 1. The molecule has 1 fully saturated rings. The highest BCUT2D eigenvalue weighted by atomic mass is 16.1. The van der Waals surface area contributed by atoms with E-state index in [0.717, 1.165) is 57.9 Å². The Morgan fingerprint density at radius 2 is 1.44 bits per heavy atom. The van der Waals surface area contributed by atoms with Gasteiger partial charge in [0.05, 0.1) is 0 Å². The Morgan fingerprint density at radius 1 is 0.875 bits per heavy atom. The zero-order valence-corrected chi connectivity index (χ0v) is 20.3. The SMILES string of the molecule is CCN1CCN(Cc2ccc(CNC(=O)c3ccc(CN(CC)C(C)C)cc3)cc2)CC1. The maximum Gasteiger partial charge on any atom is 0.251 e. The van der Waals surface area contributed by atoms with Gasteiger partial charge in [-0.05, 0) is 55.8 Å². The van der Waals surface area contributed by atoms with Gasteiger partial charge in [-0.25, -0.2) is 0 Å². The summed E-state index contributed by atoms with van der Waals surface area (Å²) in [7, 11) is 0. The lowest BCUT2D eigenvalue weighted by Crippen LogP contribution is -2.45. The van der Waals surface area contributed by atoms with Crippen molar-refractivity contribution < 1.29 is 4.79 Å². The van der Waals surface area contributed by atoms with Gasteiger partial charge < -0.3 is 10.2 Å². The summed E-state index contributed by atoms with van der Waals surface area (Å²) < 4.78 is 0. The molecule has 0 radical (unpaired) electrons. The minimum Gasteiger partial charge on any atom is -0.348 e.